The van der Waals surface area contributed by atoms with Crippen LogP contribution in [0.25, 0.3) is 5.65 Å². The molecule has 0 bridgehead atoms. The Morgan fingerprint density at radius 1 is 1.22 bits per heavy atom. The van der Waals surface area contributed by atoms with E-state index in [1.165, 1.54) is 6.07 Å². The average Bonchev–Trinajstić information content (AvgIpc) is 3.10. The largest absolute Gasteiger partial charge is 0.489 e. The minimum absolute atomic E-state index is 0.257. The Morgan fingerprint density at radius 3 is 2.85 bits per heavy atom. The van der Waals surface area contributed by atoms with Gasteiger partial charge in [-0.3, -0.25) is 9.39 Å². The molecule has 0 unspecified atom stereocenters. The first-order valence-corrected chi connectivity index (χ1v) is 8.77. The van der Waals surface area contributed by atoms with Gasteiger partial charge in [-0.15, -0.1) is 10.2 Å². The third kappa shape index (κ3) is 4.72. The lowest BCUT2D eigenvalue weighted by atomic mass is 10.3. The smallest absolute Gasteiger partial charge is 0.193 e. The van der Waals surface area contributed by atoms with Gasteiger partial charge in [-0.25, -0.2) is 4.39 Å². The molecule has 7 nitrogen and oxygen atoms in total. The fraction of sp³-hybridized carbons (Fsp3) is 0.316. The summed E-state index contributed by atoms with van der Waals surface area (Å²) in [6, 6.07) is 12.2. The van der Waals surface area contributed by atoms with Crippen molar-refractivity contribution in [2.45, 2.75) is 6.42 Å². The van der Waals surface area contributed by atoms with E-state index in [0.29, 0.717) is 26.1 Å². The highest BCUT2D eigenvalue weighted by Gasteiger charge is 2.09. The molecule has 1 aromatic carbocycles. The number of ether oxygens (including phenoxy) is 1. The molecule has 0 atom stereocenters. The van der Waals surface area contributed by atoms with Crippen molar-refractivity contribution in [2.75, 3.05) is 33.8 Å². The van der Waals surface area contributed by atoms with Crippen LogP contribution >= 0.6 is 0 Å². The highest BCUT2D eigenvalue weighted by Crippen LogP contribution is 2.14. The van der Waals surface area contributed by atoms with Crippen LogP contribution in [0.3, 0.4) is 0 Å². The number of nitrogens with zero attached hydrogens (tertiary/aromatic N) is 5. The van der Waals surface area contributed by atoms with E-state index in [1.54, 1.807) is 25.2 Å². The Bertz CT molecular complexity index is 910. The highest BCUT2D eigenvalue weighted by molar-refractivity contribution is 5.79. The number of benzene rings is 1. The first-order valence-electron chi connectivity index (χ1n) is 8.77. The number of guanidine groups is 1. The summed E-state index contributed by atoms with van der Waals surface area (Å²) >= 11 is 0. The summed E-state index contributed by atoms with van der Waals surface area (Å²) in [5, 5.41) is 11.7. The fourth-order valence-corrected chi connectivity index (χ4v) is 2.69. The van der Waals surface area contributed by atoms with Gasteiger partial charge in [-0.1, -0.05) is 18.2 Å². The van der Waals surface area contributed by atoms with Gasteiger partial charge in [-0.2, -0.15) is 0 Å². The van der Waals surface area contributed by atoms with Crippen molar-refractivity contribution in [3.05, 3.63) is 60.3 Å². The molecule has 0 fully saturated rings. The number of halogens is 1. The molecule has 3 rings (SSSR count). The third-order valence-corrected chi connectivity index (χ3v) is 4.11. The van der Waals surface area contributed by atoms with Crippen LogP contribution in [-0.4, -0.2) is 59.2 Å². The van der Waals surface area contributed by atoms with Crippen LogP contribution in [0, 0.1) is 5.82 Å². The second-order valence-electron chi connectivity index (χ2n) is 5.97. The van der Waals surface area contributed by atoms with Crippen molar-refractivity contribution in [3.63, 3.8) is 0 Å². The van der Waals surface area contributed by atoms with Crippen molar-refractivity contribution in [1.82, 2.24) is 24.8 Å². The average molecular weight is 370 g/mol. The van der Waals surface area contributed by atoms with Crippen molar-refractivity contribution < 1.29 is 9.13 Å². The number of fused-ring (bicyclic) bond motifs is 1. The maximum Gasteiger partial charge on any atom is 0.193 e. The second-order valence-corrected chi connectivity index (χ2v) is 5.97. The molecule has 0 aliphatic rings. The molecule has 0 saturated heterocycles. The summed E-state index contributed by atoms with van der Waals surface area (Å²) in [5.41, 5.74) is 0.833. The molecule has 1 N–H and O–H groups in total. The van der Waals surface area contributed by atoms with Gasteiger partial charge in [-0.05, 0) is 24.3 Å². The zero-order chi connectivity index (χ0) is 19.1. The van der Waals surface area contributed by atoms with Gasteiger partial charge < -0.3 is 15.0 Å². The van der Waals surface area contributed by atoms with Crippen LogP contribution in [0.4, 0.5) is 4.39 Å². The molecule has 0 aliphatic carbocycles. The molecule has 0 spiro atoms. The van der Waals surface area contributed by atoms with E-state index in [1.807, 2.05) is 40.7 Å². The second kappa shape index (κ2) is 8.98. The number of rotatable bonds is 7. The predicted octanol–water partition coefficient (Wildman–Crippen LogP) is 2.00. The van der Waals surface area contributed by atoms with Gasteiger partial charge in [0, 0.05) is 33.3 Å². The van der Waals surface area contributed by atoms with Crippen molar-refractivity contribution in [3.8, 4) is 5.75 Å². The van der Waals surface area contributed by atoms with Gasteiger partial charge in [0.05, 0.1) is 6.54 Å². The first kappa shape index (κ1) is 18.6. The molecular weight excluding hydrogens is 347 g/mol. The van der Waals surface area contributed by atoms with Crippen molar-refractivity contribution >= 4 is 11.6 Å². The summed E-state index contributed by atoms with van der Waals surface area (Å²) in [6.07, 6.45) is 2.66. The van der Waals surface area contributed by atoms with Gasteiger partial charge in [0.1, 0.15) is 12.4 Å². The topological polar surface area (TPSA) is 67.0 Å². The summed E-state index contributed by atoms with van der Waals surface area (Å²) in [7, 11) is 3.63. The Hall–Kier alpha value is -3.16. The summed E-state index contributed by atoms with van der Waals surface area (Å²) in [4.78, 5) is 6.20. The Balaban J connectivity index is 1.46. The molecule has 0 saturated carbocycles. The first-order chi connectivity index (χ1) is 13.2. The maximum atomic E-state index is 13.6. The Labute approximate surface area is 157 Å². The minimum Gasteiger partial charge on any atom is -0.489 e. The zero-order valence-corrected chi connectivity index (χ0v) is 15.5. The normalized spacial score (nSPS) is 11.6. The number of hydrogen-bond donors (Lipinski definition) is 1. The Kier molecular flexibility index (Phi) is 6.19. The molecule has 2 heterocycles. The lowest BCUT2D eigenvalue weighted by molar-refractivity contribution is 0.270. The SMILES string of the molecule is CN=C(NCCc1nnc2ccccn12)N(C)CCOc1ccccc1F. The summed E-state index contributed by atoms with van der Waals surface area (Å²) in [6.45, 7) is 1.59. The quantitative estimate of drug-likeness (QED) is 0.509. The van der Waals surface area contributed by atoms with Crippen LogP contribution in [0.1, 0.15) is 5.82 Å². The number of likely N-dealkylation sites (N-methyl/N-ethyl adjacent to an activating group) is 1. The molecular formula is C19H23FN6O. The van der Waals surface area contributed by atoms with Gasteiger partial charge >= 0.3 is 0 Å². The predicted molar refractivity (Wildman–Crippen MR) is 103 cm³/mol. The molecule has 2 aromatic heterocycles. The lowest BCUT2D eigenvalue weighted by Crippen LogP contribution is -2.41. The van der Waals surface area contributed by atoms with Gasteiger partial charge in [0.15, 0.2) is 23.2 Å². The number of aromatic nitrogens is 3. The van der Waals surface area contributed by atoms with E-state index < -0.39 is 0 Å². The molecule has 8 heteroatoms. The Morgan fingerprint density at radius 2 is 2.04 bits per heavy atom. The number of para-hydroxylation sites is 1. The van der Waals surface area contributed by atoms with Crippen LogP contribution in [-0.2, 0) is 6.42 Å². The maximum absolute atomic E-state index is 13.6. The molecule has 0 amide bonds. The van der Waals surface area contributed by atoms with Crippen LogP contribution in [0.2, 0.25) is 0 Å². The summed E-state index contributed by atoms with van der Waals surface area (Å²) < 4.78 is 21.0. The van der Waals surface area contributed by atoms with Crippen LogP contribution in [0.5, 0.6) is 5.75 Å². The van der Waals surface area contributed by atoms with E-state index in [0.717, 1.165) is 17.4 Å². The monoisotopic (exact) mass is 370 g/mol. The number of aliphatic imine (C=N–C) groups is 1. The fourth-order valence-electron chi connectivity index (χ4n) is 2.69. The lowest BCUT2D eigenvalue weighted by Gasteiger charge is -2.22. The van der Waals surface area contributed by atoms with Crippen molar-refractivity contribution in [1.29, 1.82) is 0 Å². The van der Waals surface area contributed by atoms with Crippen LogP contribution in [0.15, 0.2) is 53.7 Å². The molecule has 142 valence electrons. The zero-order valence-electron chi connectivity index (χ0n) is 15.5. The molecule has 0 radical (unpaired) electrons. The standard InChI is InChI=1S/C19H23FN6O/c1-21-19(25(2)13-14-27-16-8-4-3-7-15(16)20)22-11-10-18-24-23-17-9-5-6-12-26(17)18/h3-9,12H,10-11,13-14H2,1-2H3,(H,21,22). The minimum atomic E-state index is -0.358. The van der Waals surface area contributed by atoms with E-state index in [-0.39, 0.29) is 11.6 Å². The molecule has 0 aliphatic heterocycles. The highest BCUT2D eigenvalue weighted by atomic mass is 19.1. The van der Waals surface area contributed by atoms with E-state index in [9.17, 15) is 4.39 Å². The number of nitrogens with one attached hydrogen (secondary N) is 1. The van der Waals surface area contributed by atoms with Crippen molar-refractivity contribution in [2.24, 2.45) is 4.99 Å². The number of hydrogen-bond acceptors (Lipinski definition) is 4. The number of pyridine rings is 1. The third-order valence-electron chi connectivity index (χ3n) is 4.11. The molecule has 27 heavy (non-hydrogen) atoms. The van der Waals surface area contributed by atoms with E-state index in [4.69, 9.17) is 4.74 Å². The van der Waals surface area contributed by atoms with E-state index >= 15 is 0 Å². The van der Waals surface area contributed by atoms with E-state index in [2.05, 4.69) is 20.5 Å². The van der Waals surface area contributed by atoms with Crippen LogP contribution < -0.4 is 10.1 Å². The molecule has 3 aromatic rings. The van der Waals surface area contributed by atoms with Gasteiger partial charge in [0.25, 0.3) is 0 Å². The van der Waals surface area contributed by atoms with Gasteiger partial charge in [0.2, 0.25) is 0 Å². The summed E-state index contributed by atoms with van der Waals surface area (Å²) in [5.74, 6) is 1.52.